The molecule has 0 aromatic heterocycles. The molecule has 92 valence electrons. The van der Waals surface area contributed by atoms with E-state index >= 15 is 0 Å². The minimum absolute atomic E-state index is 0.0215. The minimum atomic E-state index is 0.0215. The zero-order valence-corrected chi connectivity index (χ0v) is 10.2. The number of carbonyl (C=O) groups excluding carboxylic acids is 1. The molecule has 2 fully saturated rings. The van der Waals surface area contributed by atoms with E-state index in [0.29, 0.717) is 6.54 Å². The van der Waals surface area contributed by atoms with Crippen LogP contribution in [0.1, 0.15) is 26.7 Å². The molecule has 0 aromatic rings. The first-order chi connectivity index (χ1) is 7.54. The highest BCUT2D eigenvalue weighted by Crippen LogP contribution is 2.35. The predicted octanol–water partition coefficient (Wildman–Crippen LogP) is 0.215. The van der Waals surface area contributed by atoms with Crippen molar-refractivity contribution in [3.8, 4) is 0 Å². The van der Waals surface area contributed by atoms with Gasteiger partial charge in [0.2, 0.25) is 5.91 Å². The molecule has 0 aliphatic carbocycles. The van der Waals surface area contributed by atoms with Crippen molar-refractivity contribution < 1.29 is 9.90 Å². The molecule has 0 aromatic carbocycles. The zero-order chi connectivity index (χ0) is 11.8. The highest BCUT2D eigenvalue weighted by molar-refractivity contribution is 5.82. The van der Waals surface area contributed by atoms with Crippen LogP contribution in [0.5, 0.6) is 0 Å². The van der Waals surface area contributed by atoms with Crippen LogP contribution in [0.4, 0.5) is 0 Å². The van der Waals surface area contributed by atoms with Crippen molar-refractivity contribution in [2.75, 3.05) is 26.2 Å². The maximum atomic E-state index is 12.2. The fourth-order valence-electron chi connectivity index (χ4n) is 2.79. The second kappa shape index (κ2) is 4.34. The fourth-order valence-corrected chi connectivity index (χ4v) is 2.79. The van der Waals surface area contributed by atoms with Crippen LogP contribution < -0.4 is 5.32 Å². The SMILES string of the molecule is CC1(C)CN(C(=O)C2CCCN2)CC1CO. The molecule has 2 aliphatic heterocycles. The summed E-state index contributed by atoms with van der Waals surface area (Å²) in [5.74, 6) is 0.444. The summed E-state index contributed by atoms with van der Waals surface area (Å²) in [7, 11) is 0. The second-order valence-corrected chi connectivity index (χ2v) is 5.74. The van der Waals surface area contributed by atoms with Crippen LogP contribution in [0, 0.1) is 11.3 Å². The normalized spacial score (nSPS) is 33.3. The zero-order valence-electron chi connectivity index (χ0n) is 10.2. The van der Waals surface area contributed by atoms with Gasteiger partial charge in [0.15, 0.2) is 0 Å². The third kappa shape index (κ3) is 2.09. The van der Waals surface area contributed by atoms with Gasteiger partial charge >= 0.3 is 0 Å². The summed E-state index contributed by atoms with van der Waals surface area (Å²) in [6.07, 6.45) is 2.05. The highest BCUT2D eigenvalue weighted by Gasteiger charge is 2.42. The molecule has 2 atom stereocenters. The molecule has 16 heavy (non-hydrogen) atoms. The van der Waals surface area contributed by atoms with Crippen molar-refractivity contribution in [2.45, 2.75) is 32.7 Å². The van der Waals surface area contributed by atoms with Gasteiger partial charge in [-0.3, -0.25) is 4.79 Å². The molecule has 0 saturated carbocycles. The van der Waals surface area contributed by atoms with Crippen molar-refractivity contribution in [1.29, 1.82) is 0 Å². The Morgan fingerprint density at radius 1 is 1.56 bits per heavy atom. The van der Waals surface area contributed by atoms with E-state index < -0.39 is 0 Å². The van der Waals surface area contributed by atoms with E-state index in [1.165, 1.54) is 0 Å². The molecule has 2 heterocycles. The van der Waals surface area contributed by atoms with Crippen LogP contribution in [0.2, 0.25) is 0 Å². The lowest BCUT2D eigenvalue weighted by molar-refractivity contribution is -0.132. The monoisotopic (exact) mass is 226 g/mol. The predicted molar refractivity (Wildman–Crippen MR) is 62.0 cm³/mol. The number of nitrogens with zero attached hydrogens (tertiary/aromatic N) is 1. The van der Waals surface area contributed by atoms with Crippen molar-refractivity contribution in [3.63, 3.8) is 0 Å². The Bertz CT molecular complexity index is 272. The standard InChI is InChI=1S/C12H22N2O2/c1-12(2)8-14(6-9(12)7-15)11(16)10-4-3-5-13-10/h9-10,13,15H,3-8H2,1-2H3. The number of likely N-dealkylation sites (tertiary alicyclic amines) is 1. The Balaban J connectivity index is 1.99. The topological polar surface area (TPSA) is 52.6 Å². The minimum Gasteiger partial charge on any atom is -0.396 e. The van der Waals surface area contributed by atoms with E-state index in [-0.39, 0.29) is 29.9 Å². The van der Waals surface area contributed by atoms with Gasteiger partial charge < -0.3 is 15.3 Å². The van der Waals surface area contributed by atoms with Gasteiger partial charge in [0, 0.05) is 25.6 Å². The number of nitrogens with one attached hydrogen (secondary N) is 1. The van der Waals surface area contributed by atoms with Crippen LogP contribution in [-0.2, 0) is 4.79 Å². The summed E-state index contributed by atoms with van der Waals surface area (Å²) in [5, 5.41) is 12.6. The molecule has 2 rings (SSSR count). The van der Waals surface area contributed by atoms with Crippen LogP contribution >= 0.6 is 0 Å². The number of rotatable bonds is 2. The number of amides is 1. The summed E-state index contributed by atoms with van der Waals surface area (Å²) in [4.78, 5) is 14.1. The van der Waals surface area contributed by atoms with Crippen molar-refractivity contribution in [1.82, 2.24) is 10.2 Å². The second-order valence-electron chi connectivity index (χ2n) is 5.74. The van der Waals surface area contributed by atoms with Crippen molar-refractivity contribution in [2.24, 2.45) is 11.3 Å². The highest BCUT2D eigenvalue weighted by atomic mass is 16.3. The molecule has 2 aliphatic rings. The molecule has 0 radical (unpaired) electrons. The lowest BCUT2D eigenvalue weighted by Crippen LogP contribution is -2.43. The Kier molecular flexibility index (Phi) is 3.22. The van der Waals surface area contributed by atoms with Gasteiger partial charge in [-0.25, -0.2) is 0 Å². The van der Waals surface area contributed by atoms with E-state index in [1.807, 2.05) is 4.90 Å². The van der Waals surface area contributed by atoms with Crippen LogP contribution in [0.15, 0.2) is 0 Å². The van der Waals surface area contributed by atoms with Crippen LogP contribution in [-0.4, -0.2) is 48.2 Å². The van der Waals surface area contributed by atoms with Crippen molar-refractivity contribution in [3.05, 3.63) is 0 Å². The van der Waals surface area contributed by atoms with Gasteiger partial charge in [-0.1, -0.05) is 13.8 Å². The summed E-state index contributed by atoms with van der Waals surface area (Å²) in [6.45, 7) is 6.87. The van der Waals surface area contributed by atoms with Crippen LogP contribution in [0.25, 0.3) is 0 Å². The Labute approximate surface area is 97.0 Å². The van der Waals surface area contributed by atoms with Gasteiger partial charge in [0.05, 0.1) is 6.04 Å². The van der Waals surface area contributed by atoms with E-state index in [0.717, 1.165) is 25.9 Å². The maximum Gasteiger partial charge on any atom is 0.239 e. The Morgan fingerprint density at radius 3 is 2.81 bits per heavy atom. The van der Waals surface area contributed by atoms with E-state index in [4.69, 9.17) is 0 Å². The van der Waals surface area contributed by atoms with Crippen molar-refractivity contribution >= 4 is 5.91 Å². The first kappa shape index (κ1) is 11.9. The first-order valence-electron chi connectivity index (χ1n) is 6.17. The maximum absolute atomic E-state index is 12.2. The molecule has 2 N–H and O–H groups in total. The largest absolute Gasteiger partial charge is 0.396 e. The molecule has 0 bridgehead atoms. The third-order valence-electron chi connectivity index (χ3n) is 4.03. The molecule has 4 nitrogen and oxygen atoms in total. The number of hydrogen-bond acceptors (Lipinski definition) is 3. The number of carbonyl (C=O) groups is 1. The van der Waals surface area contributed by atoms with Gasteiger partial charge in [-0.05, 0) is 24.8 Å². The molecule has 2 saturated heterocycles. The lowest BCUT2D eigenvalue weighted by Gasteiger charge is -2.24. The first-order valence-corrected chi connectivity index (χ1v) is 6.17. The number of hydrogen-bond donors (Lipinski definition) is 2. The number of aliphatic hydroxyl groups excluding tert-OH is 1. The number of aliphatic hydroxyl groups is 1. The Hall–Kier alpha value is -0.610. The van der Waals surface area contributed by atoms with Crippen LogP contribution in [0.3, 0.4) is 0 Å². The fraction of sp³-hybridized carbons (Fsp3) is 0.917. The third-order valence-corrected chi connectivity index (χ3v) is 4.03. The molecular weight excluding hydrogens is 204 g/mol. The quantitative estimate of drug-likeness (QED) is 0.708. The molecule has 4 heteroatoms. The van der Waals surface area contributed by atoms with E-state index in [1.54, 1.807) is 0 Å². The smallest absolute Gasteiger partial charge is 0.239 e. The average molecular weight is 226 g/mol. The van der Waals surface area contributed by atoms with Gasteiger partial charge in [0.1, 0.15) is 0 Å². The molecule has 0 spiro atoms. The molecule has 2 unspecified atom stereocenters. The average Bonchev–Trinajstić information content (AvgIpc) is 2.83. The van der Waals surface area contributed by atoms with Gasteiger partial charge in [-0.2, -0.15) is 0 Å². The van der Waals surface area contributed by atoms with E-state index in [9.17, 15) is 9.90 Å². The summed E-state index contributed by atoms with van der Waals surface area (Å²) in [5.41, 5.74) is 0.0447. The summed E-state index contributed by atoms with van der Waals surface area (Å²) < 4.78 is 0. The Morgan fingerprint density at radius 2 is 2.31 bits per heavy atom. The van der Waals surface area contributed by atoms with Gasteiger partial charge in [-0.15, -0.1) is 0 Å². The van der Waals surface area contributed by atoms with E-state index in [2.05, 4.69) is 19.2 Å². The summed E-state index contributed by atoms with van der Waals surface area (Å²) >= 11 is 0. The lowest BCUT2D eigenvalue weighted by atomic mass is 9.83. The molecule has 1 amide bonds. The molecular formula is C12H22N2O2. The summed E-state index contributed by atoms with van der Waals surface area (Å²) in [6, 6.07) is 0.0215. The van der Waals surface area contributed by atoms with Gasteiger partial charge in [0.25, 0.3) is 0 Å².